The van der Waals surface area contributed by atoms with E-state index in [1.54, 1.807) is 28.8 Å². The molecule has 33 heavy (non-hydrogen) atoms. The number of aryl methyl sites for hydroxylation is 1. The van der Waals surface area contributed by atoms with E-state index in [1.807, 2.05) is 25.1 Å². The monoisotopic (exact) mass is 464 g/mol. The largest absolute Gasteiger partial charge is 0.368 e. The molecule has 2 heterocycles. The minimum atomic E-state index is -0.349. The van der Waals surface area contributed by atoms with Crippen molar-refractivity contribution in [2.75, 3.05) is 17.2 Å². The number of nitriles is 1. The first-order valence-electron chi connectivity index (χ1n) is 10.3. The molecule has 0 aliphatic carbocycles. The summed E-state index contributed by atoms with van der Waals surface area (Å²) in [5.74, 6) is 1.09. The quantitative estimate of drug-likeness (QED) is 0.353. The highest BCUT2D eigenvalue weighted by atomic mass is 35.5. The number of aromatic nitrogens is 4. The van der Waals surface area contributed by atoms with Crippen molar-refractivity contribution in [2.24, 2.45) is 5.73 Å². The smallest absolute Gasteiger partial charge is 0.256 e. The van der Waals surface area contributed by atoms with E-state index in [-0.39, 0.29) is 24.3 Å². The minimum absolute atomic E-state index is 0.208. The highest BCUT2D eigenvalue weighted by Gasteiger charge is 2.17. The number of nitrogens with one attached hydrogen (secondary N) is 2. The second-order valence-corrected chi connectivity index (χ2v) is 8.02. The number of benzene rings is 2. The molecule has 0 aliphatic rings. The van der Waals surface area contributed by atoms with E-state index in [2.05, 4.69) is 31.8 Å². The summed E-state index contributed by atoms with van der Waals surface area (Å²) in [6, 6.07) is 16.7. The zero-order chi connectivity index (χ0) is 23.4. The van der Waals surface area contributed by atoms with Gasteiger partial charge in [0.05, 0.1) is 18.5 Å². The fraction of sp³-hybridized carbons (Fsp3) is 0.217. The first kappa shape index (κ1) is 22.5. The second kappa shape index (κ2) is 9.81. The molecule has 4 rings (SSSR count). The highest BCUT2D eigenvalue weighted by Crippen LogP contribution is 2.24. The van der Waals surface area contributed by atoms with E-state index in [1.165, 1.54) is 12.1 Å². The van der Waals surface area contributed by atoms with Crippen LogP contribution < -0.4 is 16.4 Å². The highest BCUT2D eigenvalue weighted by molar-refractivity contribution is 6.30. The molecule has 0 unspecified atom stereocenters. The molecular formula is C23H22ClFN8. The molecule has 0 aliphatic heterocycles. The van der Waals surface area contributed by atoms with E-state index >= 15 is 0 Å². The molecule has 4 aromatic rings. The molecule has 2 atom stereocenters. The Hall–Kier alpha value is -3.74. The number of anilines is 2. The predicted octanol–water partition coefficient (Wildman–Crippen LogP) is 4.40. The van der Waals surface area contributed by atoms with E-state index in [9.17, 15) is 9.65 Å². The average Bonchev–Trinajstić information content (AvgIpc) is 3.19. The van der Waals surface area contributed by atoms with Gasteiger partial charge in [0.1, 0.15) is 11.6 Å². The topological polar surface area (TPSA) is 117 Å². The first-order valence-corrected chi connectivity index (χ1v) is 10.7. The molecular weight excluding hydrogens is 443 g/mol. The van der Waals surface area contributed by atoms with Gasteiger partial charge in [-0.25, -0.2) is 9.37 Å². The summed E-state index contributed by atoms with van der Waals surface area (Å²) >= 11 is 6.11. The Morgan fingerprint density at radius 1 is 1.15 bits per heavy atom. The Morgan fingerprint density at radius 2 is 1.94 bits per heavy atom. The number of nitrogens with zero attached hydrogens (tertiary/aromatic N) is 5. The number of rotatable bonds is 8. The molecule has 0 saturated carbocycles. The van der Waals surface area contributed by atoms with Crippen LogP contribution in [0.4, 0.5) is 16.2 Å². The number of nitrogens with two attached hydrogens (primary N) is 1. The van der Waals surface area contributed by atoms with Gasteiger partial charge in [0.25, 0.3) is 5.78 Å². The molecule has 0 amide bonds. The van der Waals surface area contributed by atoms with Crippen LogP contribution in [0.5, 0.6) is 0 Å². The number of hydrogen-bond acceptors (Lipinski definition) is 7. The molecule has 168 valence electrons. The lowest BCUT2D eigenvalue weighted by Gasteiger charge is -2.15. The summed E-state index contributed by atoms with van der Waals surface area (Å²) in [6.45, 7) is 2.25. The van der Waals surface area contributed by atoms with Crippen LogP contribution in [0.2, 0.25) is 5.02 Å². The van der Waals surface area contributed by atoms with Gasteiger partial charge in [0, 0.05) is 29.4 Å². The molecule has 2 aromatic carbocycles. The van der Waals surface area contributed by atoms with Crippen LogP contribution in [0.25, 0.3) is 5.78 Å². The lowest BCUT2D eigenvalue weighted by Crippen LogP contribution is -2.22. The standard InChI is InChI=1S/C23H22ClFN8/c1-14-11-21(28-13-19(27)15-5-7-18(25)8-6-15)33-23(29-14)31-22(32-33)30-20(9-10-26)16-3-2-4-17(24)12-16/h2-8,11-12,19-20,28H,9,13,27H2,1H3,(H,30,32)/t19-,20-/m1/s1. The molecule has 10 heteroatoms. The molecule has 0 radical (unpaired) electrons. The van der Waals surface area contributed by atoms with Gasteiger partial charge in [0.2, 0.25) is 5.95 Å². The van der Waals surface area contributed by atoms with Gasteiger partial charge in [-0.05, 0) is 42.3 Å². The van der Waals surface area contributed by atoms with Crippen LogP contribution in [0, 0.1) is 24.1 Å². The zero-order valence-corrected chi connectivity index (χ0v) is 18.6. The van der Waals surface area contributed by atoms with Gasteiger partial charge in [-0.1, -0.05) is 35.9 Å². The van der Waals surface area contributed by atoms with Crippen molar-refractivity contribution in [3.63, 3.8) is 0 Å². The van der Waals surface area contributed by atoms with Crippen molar-refractivity contribution in [3.8, 4) is 6.07 Å². The third kappa shape index (κ3) is 5.37. The van der Waals surface area contributed by atoms with Crippen LogP contribution in [-0.2, 0) is 0 Å². The van der Waals surface area contributed by atoms with Gasteiger partial charge < -0.3 is 16.4 Å². The summed E-state index contributed by atoms with van der Waals surface area (Å²) in [5, 5.41) is 20.9. The van der Waals surface area contributed by atoms with Gasteiger partial charge in [-0.15, -0.1) is 5.10 Å². The number of hydrogen-bond donors (Lipinski definition) is 3. The molecule has 8 nitrogen and oxygen atoms in total. The van der Waals surface area contributed by atoms with E-state index in [0.717, 1.165) is 16.8 Å². The number of fused-ring (bicyclic) bond motifs is 1. The molecule has 4 N–H and O–H groups in total. The Morgan fingerprint density at radius 3 is 2.67 bits per heavy atom. The van der Waals surface area contributed by atoms with Gasteiger partial charge in [0.15, 0.2) is 0 Å². The van der Waals surface area contributed by atoms with Crippen molar-refractivity contribution in [1.29, 1.82) is 5.26 Å². The lowest BCUT2D eigenvalue weighted by molar-refractivity contribution is 0.625. The minimum Gasteiger partial charge on any atom is -0.368 e. The van der Waals surface area contributed by atoms with Crippen LogP contribution in [0.1, 0.15) is 35.3 Å². The summed E-state index contributed by atoms with van der Waals surface area (Å²) in [7, 11) is 0. The normalized spacial score (nSPS) is 12.8. The number of halogens is 2. The Kier molecular flexibility index (Phi) is 6.68. The van der Waals surface area contributed by atoms with Crippen molar-refractivity contribution in [3.05, 3.63) is 82.3 Å². The lowest BCUT2D eigenvalue weighted by atomic mass is 10.0. The predicted molar refractivity (Wildman–Crippen MR) is 125 cm³/mol. The summed E-state index contributed by atoms with van der Waals surface area (Å²) in [6.07, 6.45) is 0.208. The molecule has 0 spiro atoms. The maximum Gasteiger partial charge on any atom is 0.256 e. The second-order valence-electron chi connectivity index (χ2n) is 7.58. The van der Waals surface area contributed by atoms with Crippen LogP contribution >= 0.6 is 11.6 Å². The summed E-state index contributed by atoms with van der Waals surface area (Å²) in [5.41, 5.74) is 8.68. The Bertz CT molecular complexity index is 1300. The maximum absolute atomic E-state index is 13.2. The zero-order valence-electron chi connectivity index (χ0n) is 17.8. The Balaban J connectivity index is 1.56. The summed E-state index contributed by atoms with van der Waals surface area (Å²) in [4.78, 5) is 8.92. The maximum atomic E-state index is 13.2. The van der Waals surface area contributed by atoms with Gasteiger partial charge >= 0.3 is 0 Å². The summed E-state index contributed by atoms with van der Waals surface area (Å²) < 4.78 is 14.8. The molecule has 0 bridgehead atoms. The molecule has 0 fully saturated rings. The van der Waals surface area contributed by atoms with Crippen molar-refractivity contribution < 1.29 is 4.39 Å². The van der Waals surface area contributed by atoms with Crippen LogP contribution in [-0.4, -0.2) is 26.1 Å². The average molecular weight is 465 g/mol. The van der Waals surface area contributed by atoms with Gasteiger partial charge in [-0.2, -0.15) is 14.8 Å². The third-order valence-electron chi connectivity index (χ3n) is 5.09. The fourth-order valence-corrected chi connectivity index (χ4v) is 3.64. The van der Waals surface area contributed by atoms with Crippen molar-refractivity contribution in [1.82, 2.24) is 19.6 Å². The molecule has 2 aromatic heterocycles. The van der Waals surface area contributed by atoms with E-state index < -0.39 is 0 Å². The van der Waals surface area contributed by atoms with Crippen molar-refractivity contribution in [2.45, 2.75) is 25.4 Å². The molecule has 0 saturated heterocycles. The van der Waals surface area contributed by atoms with Crippen molar-refractivity contribution >= 4 is 29.1 Å². The SMILES string of the molecule is Cc1cc(NC[C@@H](N)c2ccc(F)cc2)n2nc(N[C@H](CC#N)c3cccc(Cl)c3)nc2n1. The van der Waals surface area contributed by atoms with E-state index in [0.29, 0.717) is 29.1 Å². The fourth-order valence-electron chi connectivity index (χ4n) is 3.44. The van der Waals surface area contributed by atoms with Crippen LogP contribution in [0.3, 0.4) is 0 Å². The third-order valence-corrected chi connectivity index (χ3v) is 5.33. The van der Waals surface area contributed by atoms with Crippen LogP contribution in [0.15, 0.2) is 54.6 Å². The van der Waals surface area contributed by atoms with Gasteiger partial charge in [-0.3, -0.25) is 0 Å². The van der Waals surface area contributed by atoms with E-state index in [4.69, 9.17) is 17.3 Å². The Labute approximate surface area is 195 Å². The first-order chi connectivity index (χ1) is 15.9.